The summed E-state index contributed by atoms with van der Waals surface area (Å²) in [6, 6.07) is 2.99. The fourth-order valence-electron chi connectivity index (χ4n) is 2.32. The zero-order valence-electron chi connectivity index (χ0n) is 12.9. The molecule has 0 bridgehead atoms. The zero-order valence-corrected chi connectivity index (χ0v) is 12.9. The summed E-state index contributed by atoms with van der Waals surface area (Å²) in [5.74, 6) is -1.22. The van der Waals surface area contributed by atoms with Gasteiger partial charge in [-0.15, -0.1) is 0 Å². The van der Waals surface area contributed by atoms with Crippen LogP contribution in [0.4, 0.5) is 14.5 Å². The number of carbonyl (C=O) groups excluding carboxylic acids is 1. The number of hydrogen-bond donors (Lipinski definition) is 2. The first kappa shape index (κ1) is 17.6. The van der Waals surface area contributed by atoms with E-state index in [1.165, 1.54) is 0 Å². The summed E-state index contributed by atoms with van der Waals surface area (Å²) in [5.41, 5.74) is 5.54. The third-order valence-electron chi connectivity index (χ3n) is 3.66. The van der Waals surface area contributed by atoms with Gasteiger partial charge in [0.2, 0.25) is 5.91 Å². The summed E-state index contributed by atoms with van der Waals surface area (Å²) >= 11 is 0. The number of anilines is 1. The van der Waals surface area contributed by atoms with E-state index in [-0.39, 0.29) is 23.4 Å². The molecule has 21 heavy (non-hydrogen) atoms. The van der Waals surface area contributed by atoms with Crippen LogP contribution in [-0.4, -0.2) is 12.5 Å². The third kappa shape index (κ3) is 5.79. The van der Waals surface area contributed by atoms with Crippen LogP contribution in [-0.2, 0) is 4.79 Å². The van der Waals surface area contributed by atoms with E-state index in [1.54, 1.807) is 0 Å². The van der Waals surface area contributed by atoms with Crippen molar-refractivity contribution in [3.05, 3.63) is 29.8 Å². The topological polar surface area (TPSA) is 55.1 Å². The Balaban J connectivity index is 2.59. The molecule has 1 atom stereocenters. The molecule has 0 aliphatic carbocycles. The Morgan fingerprint density at radius 1 is 1.29 bits per heavy atom. The maximum absolute atomic E-state index is 13.4. The highest BCUT2D eigenvalue weighted by Gasteiger charge is 2.24. The number of halogens is 2. The number of nitrogens with two attached hydrogens (primary N) is 1. The molecular weight excluding hydrogens is 274 g/mol. The van der Waals surface area contributed by atoms with Crippen molar-refractivity contribution in [1.29, 1.82) is 0 Å². The molecule has 0 saturated carbocycles. The van der Waals surface area contributed by atoms with Crippen LogP contribution in [0.1, 0.15) is 40.0 Å². The van der Waals surface area contributed by atoms with Crippen LogP contribution in [0.3, 0.4) is 0 Å². The lowest BCUT2D eigenvalue weighted by Crippen LogP contribution is -2.25. The first-order chi connectivity index (χ1) is 9.74. The second-order valence-corrected chi connectivity index (χ2v) is 6.35. The van der Waals surface area contributed by atoms with Crippen LogP contribution in [0.15, 0.2) is 18.2 Å². The van der Waals surface area contributed by atoms with Crippen molar-refractivity contribution in [2.24, 2.45) is 17.1 Å². The van der Waals surface area contributed by atoms with Gasteiger partial charge in [-0.05, 0) is 42.9 Å². The molecule has 1 aromatic rings. The van der Waals surface area contributed by atoms with Gasteiger partial charge in [-0.25, -0.2) is 8.78 Å². The van der Waals surface area contributed by atoms with Crippen LogP contribution in [0, 0.1) is 23.0 Å². The molecular formula is C16H24F2N2O. The van der Waals surface area contributed by atoms with E-state index in [2.05, 4.69) is 26.1 Å². The third-order valence-corrected chi connectivity index (χ3v) is 3.66. The van der Waals surface area contributed by atoms with Gasteiger partial charge in [-0.3, -0.25) is 4.79 Å². The van der Waals surface area contributed by atoms with Crippen molar-refractivity contribution in [2.45, 2.75) is 40.0 Å². The van der Waals surface area contributed by atoms with Gasteiger partial charge in [0, 0.05) is 12.5 Å². The van der Waals surface area contributed by atoms with Crippen LogP contribution in [0.25, 0.3) is 0 Å². The quantitative estimate of drug-likeness (QED) is 0.841. The molecule has 1 unspecified atom stereocenters. The molecule has 0 radical (unpaired) electrons. The summed E-state index contributed by atoms with van der Waals surface area (Å²) < 4.78 is 26.5. The predicted molar refractivity (Wildman–Crippen MR) is 80.8 cm³/mol. The van der Waals surface area contributed by atoms with E-state index in [0.717, 1.165) is 24.6 Å². The predicted octanol–water partition coefficient (Wildman–Crippen LogP) is 3.69. The minimum absolute atomic E-state index is 0.0593. The summed E-state index contributed by atoms with van der Waals surface area (Å²) in [6.07, 6.45) is 1.77. The molecule has 3 nitrogen and oxygen atoms in total. The van der Waals surface area contributed by atoms with Crippen molar-refractivity contribution in [1.82, 2.24) is 0 Å². The average molecular weight is 298 g/mol. The molecule has 0 spiro atoms. The zero-order chi connectivity index (χ0) is 16.0. The van der Waals surface area contributed by atoms with Gasteiger partial charge in [0.05, 0.1) is 5.69 Å². The summed E-state index contributed by atoms with van der Waals surface area (Å²) in [7, 11) is 0. The molecule has 3 N–H and O–H groups in total. The standard InChI is InChI=1S/C16H24F2N2O/c1-16(2,3)11(8-9-19)4-7-15(21)20-14-10-12(17)5-6-13(14)18/h5-6,10-11H,4,7-9,19H2,1-3H3,(H,20,21). The van der Waals surface area contributed by atoms with Gasteiger partial charge in [-0.1, -0.05) is 20.8 Å². The summed E-state index contributed by atoms with van der Waals surface area (Å²) in [5, 5.41) is 2.41. The second kappa shape index (κ2) is 7.50. The van der Waals surface area contributed by atoms with Gasteiger partial charge in [0.1, 0.15) is 11.6 Å². The maximum atomic E-state index is 13.4. The van der Waals surface area contributed by atoms with Crippen molar-refractivity contribution in [2.75, 3.05) is 11.9 Å². The van der Waals surface area contributed by atoms with Gasteiger partial charge in [0.15, 0.2) is 0 Å². The fourth-order valence-corrected chi connectivity index (χ4v) is 2.32. The van der Waals surface area contributed by atoms with E-state index in [4.69, 9.17) is 5.73 Å². The van der Waals surface area contributed by atoms with E-state index in [1.807, 2.05) is 0 Å². The number of nitrogens with one attached hydrogen (secondary N) is 1. The minimum Gasteiger partial charge on any atom is -0.330 e. The molecule has 0 aliphatic rings. The molecule has 5 heteroatoms. The van der Waals surface area contributed by atoms with Crippen molar-refractivity contribution < 1.29 is 13.6 Å². The Morgan fingerprint density at radius 2 is 1.95 bits per heavy atom. The minimum atomic E-state index is -0.640. The number of benzene rings is 1. The monoisotopic (exact) mass is 298 g/mol. The highest BCUT2D eigenvalue weighted by atomic mass is 19.1. The molecule has 0 aromatic heterocycles. The number of carbonyl (C=O) groups is 1. The van der Waals surface area contributed by atoms with Gasteiger partial charge >= 0.3 is 0 Å². The highest BCUT2D eigenvalue weighted by molar-refractivity contribution is 5.90. The fraction of sp³-hybridized carbons (Fsp3) is 0.562. The van der Waals surface area contributed by atoms with Crippen molar-refractivity contribution >= 4 is 11.6 Å². The first-order valence-corrected chi connectivity index (χ1v) is 7.19. The Labute approximate surface area is 124 Å². The summed E-state index contributed by atoms with van der Waals surface area (Å²) in [6.45, 7) is 6.90. The number of rotatable bonds is 6. The lowest BCUT2D eigenvalue weighted by Gasteiger charge is -2.30. The van der Waals surface area contributed by atoms with Crippen LogP contribution < -0.4 is 11.1 Å². The molecule has 0 fully saturated rings. The molecule has 1 amide bonds. The molecule has 1 rings (SSSR count). The van der Waals surface area contributed by atoms with Gasteiger partial charge in [0.25, 0.3) is 0 Å². The van der Waals surface area contributed by atoms with Crippen molar-refractivity contribution in [3.8, 4) is 0 Å². The Morgan fingerprint density at radius 3 is 2.52 bits per heavy atom. The lowest BCUT2D eigenvalue weighted by atomic mass is 9.76. The first-order valence-electron chi connectivity index (χ1n) is 7.19. The van der Waals surface area contributed by atoms with Crippen molar-refractivity contribution in [3.63, 3.8) is 0 Å². The Bertz CT molecular complexity index is 484. The molecule has 0 heterocycles. The summed E-state index contributed by atoms with van der Waals surface area (Å²) in [4.78, 5) is 11.9. The van der Waals surface area contributed by atoms with E-state index in [9.17, 15) is 13.6 Å². The Hall–Kier alpha value is -1.49. The SMILES string of the molecule is CC(C)(C)C(CCN)CCC(=O)Nc1cc(F)ccc1F. The normalized spacial score (nSPS) is 13.0. The molecule has 118 valence electrons. The Kier molecular flexibility index (Phi) is 6.27. The largest absolute Gasteiger partial charge is 0.330 e. The molecule has 0 saturated heterocycles. The van der Waals surface area contributed by atoms with E-state index in [0.29, 0.717) is 18.9 Å². The lowest BCUT2D eigenvalue weighted by molar-refractivity contribution is -0.116. The van der Waals surface area contributed by atoms with Crippen LogP contribution in [0.2, 0.25) is 0 Å². The van der Waals surface area contributed by atoms with E-state index < -0.39 is 11.6 Å². The van der Waals surface area contributed by atoms with Crippen LogP contribution in [0.5, 0.6) is 0 Å². The average Bonchev–Trinajstić information content (AvgIpc) is 2.37. The molecule has 0 aliphatic heterocycles. The molecule has 1 aromatic carbocycles. The van der Waals surface area contributed by atoms with Gasteiger partial charge in [-0.2, -0.15) is 0 Å². The number of amides is 1. The maximum Gasteiger partial charge on any atom is 0.224 e. The smallest absolute Gasteiger partial charge is 0.224 e. The second-order valence-electron chi connectivity index (χ2n) is 6.35. The number of hydrogen-bond acceptors (Lipinski definition) is 2. The van der Waals surface area contributed by atoms with Gasteiger partial charge < -0.3 is 11.1 Å². The van der Waals surface area contributed by atoms with E-state index >= 15 is 0 Å². The highest BCUT2D eigenvalue weighted by Crippen LogP contribution is 2.32. The van der Waals surface area contributed by atoms with Crippen LogP contribution >= 0.6 is 0 Å².